The van der Waals surface area contributed by atoms with Crippen molar-refractivity contribution in [2.45, 2.75) is 77.6 Å². The van der Waals surface area contributed by atoms with Crippen LogP contribution in [0.15, 0.2) is 0 Å². The van der Waals surface area contributed by atoms with E-state index in [1.807, 2.05) is 11.8 Å². The van der Waals surface area contributed by atoms with Crippen LogP contribution in [0.1, 0.15) is 53.9 Å². The minimum atomic E-state index is -0.423. The van der Waals surface area contributed by atoms with Gasteiger partial charge in [-0.1, -0.05) is 13.8 Å². The summed E-state index contributed by atoms with van der Waals surface area (Å²) in [5, 5.41) is 13.5. The topological polar surface area (TPSA) is 61.8 Å². The zero-order chi connectivity index (χ0) is 16.5. The smallest absolute Gasteiger partial charge is 0.239 e. The first-order valence-corrected chi connectivity index (χ1v) is 8.59. The number of amides is 1. The maximum atomic E-state index is 12.7. The number of rotatable bonds is 6. The summed E-state index contributed by atoms with van der Waals surface area (Å²) in [5.41, 5.74) is -0.606. The number of nitrogens with zero attached hydrogens (tertiary/aromatic N) is 1. The summed E-state index contributed by atoms with van der Waals surface area (Å²) < 4.78 is 5.78. The van der Waals surface area contributed by atoms with Crippen LogP contribution in [0.5, 0.6) is 0 Å². The molecule has 0 aromatic carbocycles. The van der Waals surface area contributed by atoms with Crippen LogP contribution in [-0.2, 0) is 9.53 Å². The molecule has 1 saturated heterocycles. The summed E-state index contributed by atoms with van der Waals surface area (Å²) in [6.45, 7) is 11.9. The molecular weight excluding hydrogens is 280 g/mol. The Morgan fingerprint density at radius 2 is 2.14 bits per heavy atom. The highest BCUT2D eigenvalue weighted by molar-refractivity contribution is 5.83. The van der Waals surface area contributed by atoms with E-state index in [9.17, 15) is 9.90 Å². The molecular formula is C17H32N2O3. The molecule has 1 heterocycles. The van der Waals surface area contributed by atoms with Crippen molar-refractivity contribution in [1.82, 2.24) is 10.2 Å². The van der Waals surface area contributed by atoms with Crippen molar-refractivity contribution in [1.29, 1.82) is 0 Å². The molecule has 5 heteroatoms. The number of aliphatic hydroxyl groups excluding tert-OH is 1. The first-order chi connectivity index (χ1) is 10.3. The predicted octanol–water partition coefficient (Wildman–Crippen LogP) is 1.54. The van der Waals surface area contributed by atoms with Crippen LogP contribution in [0.3, 0.4) is 0 Å². The molecule has 0 spiro atoms. The average molecular weight is 312 g/mol. The third kappa shape index (κ3) is 2.79. The number of ether oxygens (including phenoxy) is 1. The van der Waals surface area contributed by atoms with E-state index < -0.39 is 5.54 Å². The van der Waals surface area contributed by atoms with Gasteiger partial charge in [0.25, 0.3) is 0 Å². The maximum absolute atomic E-state index is 12.7. The minimum Gasteiger partial charge on any atom is -0.394 e. The molecule has 1 aliphatic carbocycles. The van der Waals surface area contributed by atoms with Gasteiger partial charge >= 0.3 is 0 Å². The van der Waals surface area contributed by atoms with Gasteiger partial charge in [0.15, 0.2) is 0 Å². The van der Waals surface area contributed by atoms with E-state index in [1.165, 1.54) is 0 Å². The van der Waals surface area contributed by atoms with E-state index in [2.05, 4.69) is 33.0 Å². The van der Waals surface area contributed by atoms with Crippen molar-refractivity contribution in [3.63, 3.8) is 0 Å². The predicted molar refractivity (Wildman–Crippen MR) is 86.6 cm³/mol. The number of piperidine rings is 1. The lowest BCUT2D eigenvalue weighted by Crippen LogP contribution is -2.76. The highest BCUT2D eigenvalue weighted by atomic mass is 16.5. The zero-order valence-electron chi connectivity index (χ0n) is 14.7. The van der Waals surface area contributed by atoms with Gasteiger partial charge in [0.05, 0.1) is 24.3 Å². The van der Waals surface area contributed by atoms with Gasteiger partial charge in [0.2, 0.25) is 5.91 Å². The molecule has 2 aliphatic rings. The summed E-state index contributed by atoms with van der Waals surface area (Å²) in [6.07, 6.45) is 2.75. The Kier molecular flexibility index (Phi) is 5.20. The van der Waals surface area contributed by atoms with Gasteiger partial charge in [-0.3, -0.25) is 10.1 Å². The number of carbonyl (C=O) groups is 1. The summed E-state index contributed by atoms with van der Waals surface area (Å²) in [5.74, 6) is 0.171. The number of aliphatic hydroxyl groups is 1. The Bertz CT molecular complexity index is 411. The van der Waals surface area contributed by atoms with Crippen molar-refractivity contribution in [3.05, 3.63) is 0 Å². The maximum Gasteiger partial charge on any atom is 0.239 e. The molecule has 2 N–H and O–H groups in total. The van der Waals surface area contributed by atoms with Crippen LogP contribution in [0.25, 0.3) is 0 Å². The molecule has 1 amide bonds. The molecule has 0 aromatic heterocycles. The second kappa shape index (κ2) is 6.46. The number of carbonyl (C=O) groups excluding carboxylic acids is 1. The number of likely N-dealkylation sites (tertiary alicyclic amines) is 1. The molecule has 2 rings (SSSR count). The molecule has 0 bridgehead atoms. The Morgan fingerprint density at radius 1 is 1.45 bits per heavy atom. The lowest BCUT2D eigenvalue weighted by atomic mass is 9.54. The molecule has 22 heavy (non-hydrogen) atoms. The van der Waals surface area contributed by atoms with Crippen LogP contribution in [-0.4, -0.2) is 59.4 Å². The van der Waals surface area contributed by atoms with Crippen LogP contribution >= 0.6 is 0 Å². The van der Waals surface area contributed by atoms with Gasteiger partial charge < -0.3 is 14.7 Å². The highest BCUT2D eigenvalue weighted by Crippen LogP contribution is 2.51. The van der Waals surface area contributed by atoms with Crippen LogP contribution < -0.4 is 5.32 Å². The number of nitrogens with one attached hydrogen (secondary N) is 1. The van der Waals surface area contributed by atoms with Gasteiger partial charge in [-0.15, -0.1) is 0 Å². The van der Waals surface area contributed by atoms with E-state index >= 15 is 0 Å². The summed E-state index contributed by atoms with van der Waals surface area (Å²) in [4.78, 5) is 14.6. The molecule has 3 atom stereocenters. The van der Waals surface area contributed by atoms with Crippen molar-refractivity contribution in [2.24, 2.45) is 5.41 Å². The Hall–Kier alpha value is -0.650. The van der Waals surface area contributed by atoms with E-state index in [4.69, 9.17) is 4.74 Å². The lowest BCUT2D eigenvalue weighted by Gasteiger charge is -2.62. The van der Waals surface area contributed by atoms with Crippen molar-refractivity contribution >= 4 is 5.91 Å². The summed E-state index contributed by atoms with van der Waals surface area (Å²) in [6, 6.07) is 0.0397. The Labute approximate surface area is 134 Å². The zero-order valence-corrected chi connectivity index (χ0v) is 14.7. The Morgan fingerprint density at radius 3 is 2.64 bits per heavy atom. The molecule has 1 saturated carbocycles. The molecule has 0 radical (unpaired) electrons. The fraction of sp³-hybridized carbons (Fsp3) is 0.941. The van der Waals surface area contributed by atoms with E-state index in [1.54, 1.807) is 0 Å². The van der Waals surface area contributed by atoms with Crippen molar-refractivity contribution in [2.75, 3.05) is 19.8 Å². The summed E-state index contributed by atoms with van der Waals surface area (Å²) in [7, 11) is 0. The molecule has 2 fully saturated rings. The molecule has 5 nitrogen and oxygen atoms in total. The van der Waals surface area contributed by atoms with Gasteiger partial charge in [0.1, 0.15) is 0 Å². The highest BCUT2D eigenvalue weighted by Gasteiger charge is 2.61. The van der Waals surface area contributed by atoms with E-state index in [0.717, 1.165) is 25.8 Å². The molecule has 0 unspecified atom stereocenters. The first kappa shape index (κ1) is 17.7. The molecule has 128 valence electrons. The Balaban J connectivity index is 2.09. The van der Waals surface area contributed by atoms with Crippen molar-refractivity contribution in [3.8, 4) is 0 Å². The average Bonchev–Trinajstić information content (AvgIpc) is 2.47. The van der Waals surface area contributed by atoms with Crippen LogP contribution in [0.4, 0.5) is 0 Å². The third-order valence-corrected chi connectivity index (χ3v) is 5.76. The second-order valence-corrected chi connectivity index (χ2v) is 7.57. The third-order valence-electron chi connectivity index (χ3n) is 5.76. The quantitative estimate of drug-likeness (QED) is 0.781. The molecule has 1 aliphatic heterocycles. The first-order valence-electron chi connectivity index (χ1n) is 8.59. The second-order valence-electron chi connectivity index (χ2n) is 7.57. The van der Waals surface area contributed by atoms with E-state index in [-0.39, 0.29) is 36.1 Å². The number of hydrogen-bond donors (Lipinski definition) is 2. The van der Waals surface area contributed by atoms with Gasteiger partial charge in [-0.05, 0) is 40.0 Å². The van der Waals surface area contributed by atoms with Gasteiger partial charge in [-0.25, -0.2) is 0 Å². The normalized spacial score (nSPS) is 34.9. The van der Waals surface area contributed by atoms with Crippen molar-refractivity contribution < 1.29 is 14.6 Å². The standard InChI is InChI=1S/C17H32N2O3/c1-6-22-14-10-17(11-20,16(14,4)5)18-13-8-7-9-19(12(2)3)15(13)21/h12-14,18,20H,6-11H2,1-5H3/t13-,14-,17-/m1/s1. The largest absolute Gasteiger partial charge is 0.394 e. The minimum absolute atomic E-state index is 0.0367. The fourth-order valence-corrected chi connectivity index (χ4v) is 3.92. The van der Waals surface area contributed by atoms with Gasteiger partial charge in [-0.2, -0.15) is 0 Å². The molecule has 0 aromatic rings. The monoisotopic (exact) mass is 312 g/mol. The fourth-order valence-electron chi connectivity index (χ4n) is 3.92. The van der Waals surface area contributed by atoms with Crippen LogP contribution in [0.2, 0.25) is 0 Å². The van der Waals surface area contributed by atoms with Gasteiger partial charge in [0, 0.05) is 24.6 Å². The lowest BCUT2D eigenvalue weighted by molar-refractivity contribution is -0.183. The van der Waals surface area contributed by atoms with E-state index in [0.29, 0.717) is 6.61 Å². The summed E-state index contributed by atoms with van der Waals surface area (Å²) >= 11 is 0. The number of hydrogen-bond acceptors (Lipinski definition) is 4. The van der Waals surface area contributed by atoms with Crippen LogP contribution in [0, 0.1) is 5.41 Å². The SMILES string of the molecule is CCO[C@@H]1C[C@](CO)(N[C@@H]2CCCN(C(C)C)C2=O)C1(C)C.